The highest BCUT2D eigenvalue weighted by Gasteiger charge is 2.40. The number of fused-ring (bicyclic) bond motifs is 1. The molecule has 8 heteroatoms. The van der Waals surface area contributed by atoms with E-state index in [2.05, 4.69) is 5.32 Å². The van der Waals surface area contributed by atoms with Crippen molar-refractivity contribution in [3.63, 3.8) is 0 Å². The standard InChI is InChI=1S/C17H16F3N3O2/c18-17(19,20)13-3-1-2-10(7-13)16(25)23-5-4-14-12(9-23)6-11(8-21)15(24)22-14/h1-3,7,11-12,14H,4-6,9H2,(H,22,24). The number of piperidine rings is 2. The molecule has 1 aromatic rings. The molecule has 2 aliphatic rings. The summed E-state index contributed by atoms with van der Waals surface area (Å²) in [5, 5.41) is 11.8. The van der Waals surface area contributed by atoms with E-state index >= 15 is 0 Å². The third-order valence-corrected chi connectivity index (χ3v) is 4.80. The van der Waals surface area contributed by atoms with Crippen LogP contribution in [-0.2, 0) is 11.0 Å². The van der Waals surface area contributed by atoms with Gasteiger partial charge in [-0.1, -0.05) is 6.07 Å². The Morgan fingerprint density at radius 3 is 2.80 bits per heavy atom. The van der Waals surface area contributed by atoms with Crippen LogP contribution in [0.3, 0.4) is 0 Å². The van der Waals surface area contributed by atoms with Crippen molar-refractivity contribution in [2.24, 2.45) is 11.8 Å². The third-order valence-electron chi connectivity index (χ3n) is 4.80. The van der Waals surface area contributed by atoms with Crippen molar-refractivity contribution >= 4 is 11.8 Å². The lowest BCUT2D eigenvalue weighted by Gasteiger charge is -2.42. The average molecular weight is 351 g/mol. The number of hydrogen-bond donors (Lipinski definition) is 1. The minimum atomic E-state index is -4.50. The predicted molar refractivity (Wildman–Crippen MR) is 81.1 cm³/mol. The number of amides is 2. The van der Waals surface area contributed by atoms with E-state index in [4.69, 9.17) is 5.26 Å². The van der Waals surface area contributed by atoms with Crippen LogP contribution in [0.15, 0.2) is 24.3 Å². The van der Waals surface area contributed by atoms with Crippen molar-refractivity contribution in [3.05, 3.63) is 35.4 Å². The number of benzene rings is 1. The molecule has 1 aromatic carbocycles. The zero-order chi connectivity index (χ0) is 18.2. The normalized spacial score (nSPS) is 26.4. The summed E-state index contributed by atoms with van der Waals surface area (Å²) in [6.07, 6.45) is -3.62. The average Bonchev–Trinajstić information content (AvgIpc) is 2.59. The first kappa shape index (κ1) is 17.3. The molecule has 25 heavy (non-hydrogen) atoms. The van der Waals surface area contributed by atoms with E-state index in [1.807, 2.05) is 6.07 Å². The Bertz CT molecular complexity index is 741. The van der Waals surface area contributed by atoms with Crippen LogP contribution >= 0.6 is 0 Å². The van der Waals surface area contributed by atoms with Crippen molar-refractivity contribution in [2.45, 2.75) is 25.1 Å². The molecule has 0 saturated carbocycles. The first-order valence-electron chi connectivity index (χ1n) is 7.96. The van der Waals surface area contributed by atoms with Crippen molar-refractivity contribution in [2.75, 3.05) is 13.1 Å². The summed E-state index contributed by atoms with van der Waals surface area (Å²) in [7, 11) is 0. The van der Waals surface area contributed by atoms with E-state index in [1.165, 1.54) is 17.0 Å². The molecular formula is C17H16F3N3O2. The van der Waals surface area contributed by atoms with Gasteiger partial charge >= 0.3 is 6.18 Å². The maximum atomic E-state index is 12.8. The van der Waals surface area contributed by atoms with Gasteiger partial charge in [-0.05, 0) is 37.0 Å². The zero-order valence-corrected chi connectivity index (χ0v) is 13.2. The molecule has 3 unspecified atom stereocenters. The minimum absolute atomic E-state index is 0.00930. The van der Waals surface area contributed by atoms with E-state index < -0.39 is 23.6 Å². The quantitative estimate of drug-likeness (QED) is 0.843. The number of hydrogen-bond acceptors (Lipinski definition) is 3. The molecule has 2 fully saturated rings. The molecule has 132 valence electrons. The van der Waals surface area contributed by atoms with Gasteiger partial charge in [0.15, 0.2) is 0 Å². The van der Waals surface area contributed by atoms with Crippen LogP contribution in [0.2, 0.25) is 0 Å². The van der Waals surface area contributed by atoms with E-state index in [1.54, 1.807) is 0 Å². The molecule has 0 bridgehead atoms. The van der Waals surface area contributed by atoms with Gasteiger partial charge in [-0.2, -0.15) is 18.4 Å². The molecule has 0 spiro atoms. The van der Waals surface area contributed by atoms with Gasteiger partial charge in [0.2, 0.25) is 5.91 Å². The Morgan fingerprint density at radius 1 is 1.36 bits per heavy atom. The van der Waals surface area contributed by atoms with Gasteiger partial charge in [-0.15, -0.1) is 0 Å². The van der Waals surface area contributed by atoms with Gasteiger partial charge in [0, 0.05) is 24.7 Å². The molecule has 3 atom stereocenters. The van der Waals surface area contributed by atoms with Gasteiger partial charge in [0.05, 0.1) is 11.6 Å². The van der Waals surface area contributed by atoms with Crippen LogP contribution in [0.5, 0.6) is 0 Å². The van der Waals surface area contributed by atoms with E-state index in [9.17, 15) is 22.8 Å². The molecule has 2 amide bonds. The fourth-order valence-corrected chi connectivity index (χ4v) is 3.46. The SMILES string of the molecule is N#CC1CC2CN(C(=O)c3cccc(C(F)(F)F)c3)CCC2NC1=O. The molecule has 0 radical (unpaired) electrons. The molecule has 5 nitrogen and oxygen atoms in total. The number of carbonyl (C=O) groups is 2. The molecule has 0 aliphatic carbocycles. The summed E-state index contributed by atoms with van der Waals surface area (Å²) in [6, 6.07) is 6.22. The van der Waals surface area contributed by atoms with E-state index in [0.29, 0.717) is 25.9 Å². The van der Waals surface area contributed by atoms with E-state index in [-0.39, 0.29) is 23.4 Å². The van der Waals surface area contributed by atoms with Crippen molar-refractivity contribution < 1.29 is 22.8 Å². The summed E-state index contributed by atoms with van der Waals surface area (Å²) in [5.74, 6) is -1.56. The van der Waals surface area contributed by atoms with Crippen molar-refractivity contribution in [1.82, 2.24) is 10.2 Å². The smallest absolute Gasteiger partial charge is 0.352 e. The second kappa shape index (κ2) is 6.39. The molecule has 2 aliphatic heterocycles. The second-order valence-electron chi connectivity index (χ2n) is 6.41. The van der Waals surface area contributed by atoms with Gasteiger partial charge in [0.25, 0.3) is 5.91 Å². The van der Waals surface area contributed by atoms with Crippen LogP contribution < -0.4 is 5.32 Å². The highest BCUT2D eigenvalue weighted by atomic mass is 19.4. The largest absolute Gasteiger partial charge is 0.416 e. The van der Waals surface area contributed by atoms with Gasteiger partial charge in [0.1, 0.15) is 5.92 Å². The Labute approximate surface area is 142 Å². The van der Waals surface area contributed by atoms with Gasteiger partial charge < -0.3 is 10.2 Å². The maximum Gasteiger partial charge on any atom is 0.416 e. The summed E-state index contributed by atoms with van der Waals surface area (Å²) < 4.78 is 38.5. The number of carbonyl (C=O) groups excluding carboxylic acids is 2. The van der Waals surface area contributed by atoms with E-state index in [0.717, 1.165) is 12.1 Å². The van der Waals surface area contributed by atoms with Gasteiger partial charge in [-0.3, -0.25) is 9.59 Å². The number of nitrogens with zero attached hydrogens (tertiary/aromatic N) is 2. The van der Waals surface area contributed by atoms with Crippen molar-refractivity contribution in [1.29, 1.82) is 5.26 Å². The first-order chi connectivity index (χ1) is 11.8. The van der Waals surface area contributed by atoms with Crippen LogP contribution in [0.4, 0.5) is 13.2 Å². The summed E-state index contributed by atoms with van der Waals surface area (Å²) in [6.45, 7) is 0.673. The lowest BCUT2D eigenvalue weighted by molar-refractivity contribution is -0.137. The van der Waals surface area contributed by atoms with Crippen LogP contribution in [0, 0.1) is 23.2 Å². The topological polar surface area (TPSA) is 73.2 Å². The zero-order valence-electron chi connectivity index (χ0n) is 13.2. The molecule has 1 N–H and O–H groups in total. The first-order valence-corrected chi connectivity index (χ1v) is 7.96. The Morgan fingerprint density at radius 2 is 2.12 bits per heavy atom. The second-order valence-corrected chi connectivity index (χ2v) is 6.41. The van der Waals surface area contributed by atoms with Gasteiger partial charge in [-0.25, -0.2) is 0 Å². The number of nitrogens with one attached hydrogen (secondary N) is 1. The lowest BCUT2D eigenvalue weighted by atomic mass is 9.80. The summed E-state index contributed by atoms with van der Waals surface area (Å²) >= 11 is 0. The van der Waals surface area contributed by atoms with Crippen molar-refractivity contribution in [3.8, 4) is 6.07 Å². The monoisotopic (exact) mass is 351 g/mol. The summed E-state index contributed by atoms with van der Waals surface area (Å²) in [4.78, 5) is 25.8. The fraction of sp³-hybridized carbons (Fsp3) is 0.471. The Hall–Kier alpha value is -2.56. The molecular weight excluding hydrogens is 335 g/mol. The highest BCUT2D eigenvalue weighted by molar-refractivity contribution is 5.94. The van der Waals surface area contributed by atoms with Crippen LogP contribution in [-0.4, -0.2) is 35.8 Å². The number of rotatable bonds is 1. The third kappa shape index (κ3) is 3.45. The Balaban J connectivity index is 1.74. The molecule has 2 saturated heterocycles. The molecule has 2 heterocycles. The number of halogens is 3. The van der Waals surface area contributed by atoms with Crippen LogP contribution in [0.1, 0.15) is 28.8 Å². The fourth-order valence-electron chi connectivity index (χ4n) is 3.46. The lowest BCUT2D eigenvalue weighted by Crippen LogP contribution is -2.57. The number of alkyl halides is 3. The highest BCUT2D eigenvalue weighted by Crippen LogP contribution is 2.31. The molecule has 3 rings (SSSR count). The van der Waals surface area contributed by atoms with Crippen LogP contribution in [0.25, 0.3) is 0 Å². The molecule has 0 aromatic heterocycles. The number of likely N-dealkylation sites (tertiary alicyclic amines) is 1. The number of nitriles is 1. The predicted octanol–water partition coefficient (Wildman–Crippen LogP) is 2.20. The Kier molecular flexibility index (Phi) is 4.41. The maximum absolute atomic E-state index is 12.8. The summed E-state index contributed by atoms with van der Waals surface area (Å²) in [5.41, 5.74) is -0.868. The minimum Gasteiger partial charge on any atom is -0.352 e.